The summed E-state index contributed by atoms with van der Waals surface area (Å²) in [6, 6.07) is 0.328. The van der Waals surface area contributed by atoms with E-state index in [1.165, 1.54) is 18.6 Å². The molecule has 0 aromatic heterocycles. The molecule has 0 aromatic carbocycles. The summed E-state index contributed by atoms with van der Waals surface area (Å²) in [4.78, 5) is 13.3. The van der Waals surface area contributed by atoms with Crippen LogP contribution in [0.3, 0.4) is 0 Å². The van der Waals surface area contributed by atoms with Crippen molar-refractivity contribution in [1.82, 2.24) is 4.90 Å². The number of carboxylic acids is 1. The minimum Gasteiger partial charge on any atom is -0.480 e. The monoisotopic (exact) mass is 215 g/mol. The van der Waals surface area contributed by atoms with E-state index in [0.29, 0.717) is 6.04 Å². The van der Waals surface area contributed by atoms with E-state index >= 15 is 0 Å². The molecule has 0 bridgehead atoms. The molecule has 2 heterocycles. The minimum atomic E-state index is -0.624. The molecule has 2 unspecified atom stereocenters. The lowest BCUT2D eigenvalue weighted by molar-refractivity contribution is -0.145. The first-order valence-corrected chi connectivity index (χ1v) is 6.51. The molecule has 0 spiro atoms. The van der Waals surface area contributed by atoms with E-state index in [-0.39, 0.29) is 6.04 Å². The zero-order chi connectivity index (χ0) is 9.97. The highest BCUT2D eigenvalue weighted by Gasteiger charge is 2.34. The second-order valence-electron chi connectivity index (χ2n) is 4.11. The van der Waals surface area contributed by atoms with Crippen LogP contribution in [0.1, 0.15) is 25.7 Å². The van der Waals surface area contributed by atoms with Gasteiger partial charge in [-0.25, -0.2) is 0 Å². The van der Waals surface area contributed by atoms with Gasteiger partial charge >= 0.3 is 5.97 Å². The summed E-state index contributed by atoms with van der Waals surface area (Å²) in [5, 5.41) is 9.12. The number of carbonyl (C=O) groups is 1. The van der Waals surface area contributed by atoms with Crippen molar-refractivity contribution in [2.75, 3.05) is 18.1 Å². The first kappa shape index (κ1) is 10.3. The fourth-order valence-electron chi connectivity index (χ4n) is 2.44. The van der Waals surface area contributed by atoms with E-state index in [4.69, 9.17) is 5.11 Å². The summed E-state index contributed by atoms with van der Waals surface area (Å²) in [5.41, 5.74) is 0. The molecule has 14 heavy (non-hydrogen) atoms. The van der Waals surface area contributed by atoms with Crippen molar-refractivity contribution in [2.24, 2.45) is 0 Å². The molecule has 2 fully saturated rings. The second kappa shape index (κ2) is 4.53. The summed E-state index contributed by atoms with van der Waals surface area (Å²) in [7, 11) is 0. The lowest BCUT2D eigenvalue weighted by Gasteiger charge is -2.37. The highest BCUT2D eigenvalue weighted by Crippen LogP contribution is 2.28. The Labute approximate surface area is 88.9 Å². The number of hydrogen-bond donors (Lipinski definition) is 1. The smallest absolute Gasteiger partial charge is 0.320 e. The molecule has 2 saturated heterocycles. The van der Waals surface area contributed by atoms with Crippen molar-refractivity contribution in [3.63, 3.8) is 0 Å². The van der Waals surface area contributed by atoms with Crippen LogP contribution in [-0.2, 0) is 4.79 Å². The van der Waals surface area contributed by atoms with E-state index < -0.39 is 5.97 Å². The summed E-state index contributed by atoms with van der Waals surface area (Å²) >= 11 is 1.95. The molecule has 0 saturated carbocycles. The number of thioether (sulfide) groups is 1. The van der Waals surface area contributed by atoms with Crippen molar-refractivity contribution in [3.8, 4) is 0 Å². The molecule has 0 amide bonds. The van der Waals surface area contributed by atoms with Crippen LogP contribution >= 0.6 is 11.8 Å². The average molecular weight is 215 g/mol. The Morgan fingerprint density at radius 1 is 1.36 bits per heavy atom. The topological polar surface area (TPSA) is 40.5 Å². The third-order valence-electron chi connectivity index (χ3n) is 3.20. The zero-order valence-corrected chi connectivity index (χ0v) is 9.13. The van der Waals surface area contributed by atoms with Crippen molar-refractivity contribution in [2.45, 2.75) is 37.8 Å². The van der Waals surface area contributed by atoms with Gasteiger partial charge in [-0.3, -0.25) is 9.69 Å². The van der Waals surface area contributed by atoms with Gasteiger partial charge in [-0.05, 0) is 31.6 Å². The van der Waals surface area contributed by atoms with Crippen LogP contribution in [0.4, 0.5) is 0 Å². The van der Waals surface area contributed by atoms with Gasteiger partial charge in [0.1, 0.15) is 6.04 Å². The lowest BCUT2D eigenvalue weighted by Crippen LogP contribution is -2.50. The number of hydrogen-bond acceptors (Lipinski definition) is 3. The molecule has 2 rings (SSSR count). The zero-order valence-electron chi connectivity index (χ0n) is 8.32. The van der Waals surface area contributed by atoms with Gasteiger partial charge in [0.15, 0.2) is 0 Å². The van der Waals surface area contributed by atoms with Gasteiger partial charge in [0, 0.05) is 11.8 Å². The Morgan fingerprint density at radius 3 is 2.86 bits per heavy atom. The fourth-order valence-corrected chi connectivity index (χ4v) is 3.68. The Kier molecular flexibility index (Phi) is 3.34. The van der Waals surface area contributed by atoms with Crippen LogP contribution in [0.5, 0.6) is 0 Å². The molecule has 0 radical (unpaired) electrons. The van der Waals surface area contributed by atoms with E-state index in [0.717, 1.165) is 25.1 Å². The Morgan fingerprint density at radius 2 is 2.21 bits per heavy atom. The number of likely N-dealkylation sites (tertiary alicyclic amines) is 1. The predicted molar refractivity (Wildman–Crippen MR) is 57.7 cm³/mol. The Bertz CT molecular complexity index is 216. The first-order chi connectivity index (χ1) is 6.79. The maximum absolute atomic E-state index is 11.1. The van der Waals surface area contributed by atoms with Crippen molar-refractivity contribution >= 4 is 17.7 Å². The van der Waals surface area contributed by atoms with E-state index in [1.807, 2.05) is 11.8 Å². The summed E-state index contributed by atoms with van der Waals surface area (Å²) in [6.07, 6.45) is 4.27. The fraction of sp³-hybridized carbons (Fsp3) is 0.900. The third-order valence-corrected chi connectivity index (χ3v) is 4.35. The van der Waals surface area contributed by atoms with Crippen LogP contribution in [0.15, 0.2) is 0 Å². The maximum Gasteiger partial charge on any atom is 0.320 e. The van der Waals surface area contributed by atoms with E-state index in [1.54, 1.807) is 0 Å². The van der Waals surface area contributed by atoms with Gasteiger partial charge < -0.3 is 5.11 Å². The highest BCUT2D eigenvalue weighted by molar-refractivity contribution is 7.99. The van der Waals surface area contributed by atoms with Gasteiger partial charge in [0.25, 0.3) is 0 Å². The van der Waals surface area contributed by atoms with Gasteiger partial charge in [0.2, 0.25) is 0 Å². The standard InChI is InChI=1S/C10H17NO2S/c12-10(13)9-3-1-2-5-11(9)8-4-6-14-7-8/h8-9H,1-7H2,(H,12,13). The SMILES string of the molecule is O=C(O)C1CCCCN1C1CCSC1. The molecule has 2 aliphatic heterocycles. The molecule has 0 aliphatic carbocycles. The summed E-state index contributed by atoms with van der Waals surface area (Å²) in [5.74, 6) is 1.71. The molecule has 2 atom stereocenters. The van der Waals surface area contributed by atoms with E-state index in [9.17, 15) is 4.79 Å². The normalized spacial score (nSPS) is 34.6. The molecule has 80 valence electrons. The molecule has 2 aliphatic rings. The van der Waals surface area contributed by atoms with Gasteiger partial charge in [0.05, 0.1) is 0 Å². The van der Waals surface area contributed by atoms with Crippen molar-refractivity contribution < 1.29 is 9.90 Å². The second-order valence-corrected chi connectivity index (χ2v) is 5.25. The van der Waals surface area contributed by atoms with Crippen LogP contribution in [0.25, 0.3) is 0 Å². The number of rotatable bonds is 2. The quantitative estimate of drug-likeness (QED) is 0.756. The lowest BCUT2D eigenvalue weighted by atomic mass is 9.99. The predicted octanol–water partition coefficient (Wildman–Crippen LogP) is 1.43. The van der Waals surface area contributed by atoms with Crippen LogP contribution < -0.4 is 0 Å². The largest absolute Gasteiger partial charge is 0.480 e. The summed E-state index contributed by atoms with van der Waals surface area (Å²) < 4.78 is 0. The first-order valence-electron chi connectivity index (χ1n) is 5.35. The van der Waals surface area contributed by atoms with Crippen LogP contribution in [-0.4, -0.2) is 46.1 Å². The van der Waals surface area contributed by atoms with Gasteiger partial charge in [-0.1, -0.05) is 6.42 Å². The van der Waals surface area contributed by atoms with Crippen LogP contribution in [0, 0.1) is 0 Å². The Balaban J connectivity index is 2.01. The van der Waals surface area contributed by atoms with Gasteiger partial charge in [-0.2, -0.15) is 11.8 Å². The molecule has 0 aromatic rings. The molecule has 3 nitrogen and oxygen atoms in total. The molecular formula is C10H17NO2S. The summed E-state index contributed by atoms with van der Waals surface area (Å²) in [6.45, 7) is 0.988. The van der Waals surface area contributed by atoms with Crippen molar-refractivity contribution in [1.29, 1.82) is 0 Å². The molecular weight excluding hydrogens is 198 g/mol. The van der Waals surface area contributed by atoms with Crippen LogP contribution in [0.2, 0.25) is 0 Å². The number of aliphatic carboxylic acids is 1. The highest BCUT2D eigenvalue weighted by atomic mass is 32.2. The molecule has 1 N–H and O–H groups in total. The number of nitrogens with zero attached hydrogens (tertiary/aromatic N) is 1. The third kappa shape index (κ3) is 2.06. The molecule has 4 heteroatoms. The minimum absolute atomic E-state index is 0.201. The van der Waals surface area contributed by atoms with Crippen molar-refractivity contribution in [3.05, 3.63) is 0 Å². The number of carboxylic acid groups (broad SMARTS) is 1. The number of piperidine rings is 1. The van der Waals surface area contributed by atoms with Gasteiger partial charge in [-0.15, -0.1) is 0 Å². The maximum atomic E-state index is 11.1. The van der Waals surface area contributed by atoms with E-state index in [2.05, 4.69) is 4.90 Å². The average Bonchev–Trinajstić information content (AvgIpc) is 2.70. The Hall–Kier alpha value is -0.220.